The van der Waals surface area contributed by atoms with Crippen LogP contribution in [0.2, 0.25) is 4.34 Å². The molecule has 0 saturated heterocycles. The zero-order valence-corrected chi connectivity index (χ0v) is 16.0. The van der Waals surface area contributed by atoms with E-state index in [0.29, 0.717) is 16.7 Å². The Labute approximate surface area is 162 Å². The molecule has 27 heavy (non-hydrogen) atoms. The number of hydrogen-bond acceptors (Lipinski definition) is 6. The van der Waals surface area contributed by atoms with Crippen LogP contribution < -0.4 is 4.90 Å². The first-order chi connectivity index (χ1) is 12.9. The number of fused-ring (bicyclic) bond motifs is 2. The van der Waals surface area contributed by atoms with E-state index in [1.54, 1.807) is 6.07 Å². The molecule has 11 heteroatoms. The molecule has 0 N–H and O–H groups in total. The third-order valence-corrected chi connectivity index (χ3v) is 5.61. The number of hydrogen-bond donors (Lipinski definition) is 0. The minimum Gasteiger partial charge on any atom is -0.347 e. The van der Waals surface area contributed by atoms with Crippen molar-refractivity contribution in [3.63, 3.8) is 0 Å². The quantitative estimate of drug-likeness (QED) is 0.634. The highest BCUT2D eigenvalue weighted by molar-refractivity contribution is 7.22. The molecule has 0 bridgehead atoms. The van der Waals surface area contributed by atoms with E-state index in [9.17, 15) is 13.2 Å². The topological polar surface area (TPSA) is 59.7 Å². The number of aromatic nitrogens is 5. The van der Waals surface area contributed by atoms with Crippen LogP contribution >= 0.6 is 22.9 Å². The molecule has 3 aromatic rings. The fourth-order valence-electron chi connectivity index (χ4n) is 3.16. The molecule has 6 nitrogen and oxygen atoms in total. The molecule has 0 unspecified atom stereocenters. The molecule has 0 fully saturated rings. The van der Waals surface area contributed by atoms with Crippen LogP contribution in [0.25, 0.3) is 10.2 Å². The van der Waals surface area contributed by atoms with Gasteiger partial charge in [0.15, 0.2) is 5.82 Å². The summed E-state index contributed by atoms with van der Waals surface area (Å²) in [5, 5.41) is 7.89. The predicted molar refractivity (Wildman–Crippen MR) is 97.1 cm³/mol. The van der Waals surface area contributed by atoms with Crippen molar-refractivity contribution in [1.29, 1.82) is 0 Å². The first-order valence-electron chi connectivity index (χ1n) is 8.57. The molecule has 4 heterocycles. The zero-order chi connectivity index (χ0) is 19.2. The van der Waals surface area contributed by atoms with E-state index >= 15 is 0 Å². The minimum absolute atomic E-state index is 0.144. The van der Waals surface area contributed by atoms with Crippen LogP contribution in [0.1, 0.15) is 37.2 Å². The second-order valence-corrected chi connectivity index (χ2v) is 8.01. The summed E-state index contributed by atoms with van der Waals surface area (Å²) in [5.74, 6) is 0.738. The average Bonchev–Trinajstić information content (AvgIpc) is 3.20. The van der Waals surface area contributed by atoms with Crippen molar-refractivity contribution in [2.45, 2.75) is 45.5 Å². The molecule has 0 saturated carbocycles. The van der Waals surface area contributed by atoms with E-state index in [0.717, 1.165) is 39.9 Å². The highest BCUT2D eigenvalue weighted by Gasteiger charge is 2.39. The molecule has 0 aromatic carbocycles. The molecule has 0 radical (unpaired) electrons. The molecular weight excluding hydrogens is 401 g/mol. The van der Waals surface area contributed by atoms with Gasteiger partial charge < -0.3 is 9.47 Å². The Balaban J connectivity index is 1.71. The van der Waals surface area contributed by atoms with Gasteiger partial charge in [0.05, 0.1) is 16.3 Å². The van der Waals surface area contributed by atoms with Gasteiger partial charge in [0, 0.05) is 19.5 Å². The molecule has 0 amide bonds. The molecular formula is C16H16ClF3N6S. The lowest BCUT2D eigenvalue weighted by Crippen LogP contribution is -2.36. The first kappa shape index (κ1) is 18.4. The molecule has 1 aliphatic heterocycles. The van der Waals surface area contributed by atoms with Gasteiger partial charge in [0.2, 0.25) is 5.82 Å². The zero-order valence-electron chi connectivity index (χ0n) is 14.4. The Bertz CT molecular complexity index is 983. The molecule has 3 aromatic heterocycles. The Kier molecular flexibility index (Phi) is 4.71. The maximum atomic E-state index is 13.0. The Hall–Kier alpha value is -1.94. The number of aryl methyl sites for hydroxylation is 1. The smallest absolute Gasteiger partial charge is 0.347 e. The number of anilines is 1. The lowest BCUT2D eigenvalue weighted by molar-refractivity contribution is -0.147. The van der Waals surface area contributed by atoms with Crippen LogP contribution in [0.3, 0.4) is 0 Å². The van der Waals surface area contributed by atoms with Gasteiger partial charge in [-0.25, -0.2) is 9.97 Å². The highest BCUT2D eigenvalue weighted by Crippen LogP contribution is 2.36. The second-order valence-electron chi connectivity index (χ2n) is 6.35. The summed E-state index contributed by atoms with van der Waals surface area (Å²) >= 11 is 7.54. The number of unbranched alkanes of at least 4 members (excludes halogenated alkanes) is 1. The van der Waals surface area contributed by atoms with Gasteiger partial charge in [0.1, 0.15) is 16.5 Å². The van der Waals surface area contributed by atoms with Crippen LogP contribution in [0.5, 0.6) is 0 Å². The fraction of sp³-hybridized carbons (Fsp3) is 0.500. The van der Waals surface area contributed by atoms with Gasteiger partial charge in [-0.15, -0.1) is 21.5 Å². The molecule has 4 rings (SSSR count). The van der Waals surface area contributed by atoms with E-state index in [1.165, 1.54) is 11.3 Å². The van der Waals surface area contributed by atoms with Gasteiger partial charge in [-0.1, -0.05) is 24.9 Å². The third-order valence-electron chi connectivity index (χ3n) is 4.45. The van der Waals surface area contributed by atoms with E-state index in [1.807, 2.05) is 4.90 Å². The third kappa shape index (κ3) is 3.47. The Morgan fingerprint density at radius 3 is 2.78 bits per heavy atom. The van der Waals surface area contributed by atoms with Gasteiger partial charge in [0.25, 0.3) is 0 Å². The average molecular weight is 417 g/mol. The van der Waals surface area contributed by atoms with Crippen molar-refractivity contribution in [2.24, 2.45) is 0 Å². The summed E-state index contributed by atoms with van der Waals surface area (Å²) in [5.41, 5.74) is 0. The predicted octanol–water partition coefficient (Wildman–Crippen LogP) is 4.32. The van der Waals surface area contributed by atoms with Crippen LogP contribution in [-0.2, 0) is 25.7 Å². The van der Waals surface area contributed by atoms with E-state index < -0.39 is 12.0 Å². The van der Waals surface area contributed by atoms with Gasteiger partial charge >= 0.3 is 6.18 Å². The molecule has 0 aliphatic carbocycles. The fourth-order valence-corrected chi connectivity index (χ4v) is 4.26. The molecule has 1 aliphatic rings. The number of halogens is 4. The Morgan fingerprint density at radius 2 is 2.04 bits per heavy atom. The monoisotopic (exact) mass is 416 g/mol. The summed E-state index contributed by atoms with van der Waals surface area (Å²) in [6.07, 6.45) is -1.77. The lowest BCUT2D eigenvalue weighted by Gasteiger charge is -2.29. The minimum atomic E-state index is -4.51. The van der Waals surface area contributed by atoms with Gasteiger partial charge in [-0.05, 0) is 12.5 Å². The van der Waals surface area contributed by atoms with Crippen LogP contribution in [0.4, 0.5) is 19.0 Å². The largest absolute Gasteiger partial charge is 0.451 e. The number of alkyl halides is 3. The lowest BCUT2D eigenvalue weighted by atomic mass is 10.2. The van der Waals surface area contributed by atoms with Crippen LogP contribution in [-0.4, -0.2) is 31.3 Å². The van der Waals surface area contributed by atoms with E-state index in [-0.39, 0.29) is 18.9 Å². The van der Waals surface area contributed by atoms with Crippen molar-refractivity contribution < 1.29 is 13.2 Å². The standard InChI is InChI=1S/C16H16ClF3N6S/c1-2-3-4-11-21-13(9-7-10(17)27-14(9)22-11)25-5-6-26-12(8-25)23-24-15(26)16(18,19)20/h7H,2-6,8H2,1H3. The second kappa shape index (κ2) is 6.90. The highest BCUT2D eigenvalue weighted by atomic mass is 35.5. The van der Waals surface area contributed by atoms with Crippen LogP contribution in [0.15, 0.2) is 6.07 Å². The normalized spacial score (nSPS) is 14.8. The van der Waals surface area contributed by atoms with Crippen molar-refractivity contribution in [3.8, 4) is 0 Å². The summed E-state index contributed by atoms with van der Waals surface area (Å²) in [6.45, 7) is 2.82. The van der Waals surface area contributed by atoms with Gasteiger partial charge in [-0.3, -0.25) is 0 Å². The molecule has 0 atom stereocenters. The maximum Gasteiger partial charge on any atom is 0.451 e. The molecule has 0 spiro atoms. The molecule has 144 valence electrons. The summed E-state index contributed by atoms with van der Waals surface area (Å²) in [4.78, 5) is 12.0. The first-order valence-corrected chi connectivity index (χ1v) is 9.76. The Morgan fingerprint density at radius 1 is 1.22 bits per heavy atom. The summed E-state index contributed by atoms with van der Waals surface area (Å²) in [6, 6.07) is 1.81. The van der Waals surface area contributed by atoms with E-state index in [2.05, 4.69) is 27.1 Å². The maximum absolute atomic E-state index is 13.0. The SMILES string of the molecule is CCCCc1nc(N2CCn3c(nnc3C(F)(F)F)C2)c2cc(Cl)sc2n1. The van der Waals surface area contributed by atoms with Crippen molar-refractivity contribution in [1.82, 2.24) is 24.7 Å². The number of rotatable bonds is 4. The van der Waals surface area contributed by atoms with Crippen LogP contribution in [0, 0.1) is 0 Å². The summed E-state index contributed by atoms with van der Waals surface area (Å²) < 4.78 is 40.9. The van der Waals surface area contributed by atoms with Gasteiger partial charge in [-0.2, -0.15) is 13.2 Å². The number of thiophene rings is 1. The van der Waals surface area contributed by atoms with Crippen molar-refractivity contribution in [2.75, 3.05) is 11.4 Å². The van der Waals surface area contributed by atoms with Crippen molar-refractivity contribution >= 4 is 39.0 Å². The number of nitrogens with zero attached hydrogens (tertiary/aromatic N) is 6. The van der Waals surface area contributed by atoms with Crippen molar-refractivity contribution in [3.05, 3.63) is 27.9 Å². The van der Waals surface area contributed by atoms with E-state index in [4.69, 9.17) is 11.6 Å². The summed E-state index contributed by atoms with van der Waals surface area (Å²) in [7, 11) is 0.